The lowest BCUT2D eigenvalue weighted by Gasteiger charge is -1.96. The second-order valence-corrected chi connectivity index (χ2v) is 2.68. The van der Waals surface area contributed by atoms with E-state index in [1.54, 1.807) is 19.3 Å². The Bertz CT molecular complexity index is 370. The van der Waals surface area contributed by atoms with Crippen LogP contribution in [-0.4, -0.2) is 21.7 Å². The van der Waals surface area contributed by atoms with Crippen molar-refractivity contribution in [3.63, 3.8) is 0 Å². The summed E-state index contributed by atoms with van der Waals surface area (Å²) in [5.74, 6) is 1.19. The minimum absolute atomic E-state index is 0.130. The molecule has 4 nitrogen and oxygen atoms in total. The Hall–Kier alpha value is -1.33. The van der Waals surface area contributed by atoms with E-state index in [-0.39, 0.29) is 5.56 Å². The maximum Gasteiger partial charge on any atom is 0.480 e. The van der Waals surface area contributed by atoms with Crippen LogP contribution in [-0.2, 0) is 7.05 Å². The molecule has 0 saturated heterocycles. The number of aryl methyl sites for hydroxylation is 1. The van der Waals surface area contributed by atoms with Crippen molar-refractivity contribution in [1.82, 2.24) is 4.57 Å². The minimum Gasteiger partial charge on any atom is -0.424 e. The van der Waals surface area contributed by atoms with Crippen molar-refractivity contribution in [2.75, 3.05) is 0 Å². The van der Waals surface area contributed by atoms with Gasteiger partial charge in [-0.15, -0.1) is 0 Å². The summed E-state index contributed by atoms with van der Waals surface area (Å²) in [5, 5.41) is 17.0. The van der Waals surface area contributed by atoms with E-state index in [1.165, 1.54) is 22.7 Å². The third kappa shape index (κ3) is 2.89. The van der Waals surface area contributed by atoms with Crippen LogP contribution in [0.4, 0.5) is 0 Å². The van der Waals surface area contributed by atoms with Gasteiger partial charge in [0.2, 0.25) is 0 Å². The van der Waals surface area contributed by atoms with Crippen LogP contribution in [0.2, 0.25) is 0 Å². The molecule has 1 heterocycles. The molecule has 0 atom stereocenters. The Kier molecular flexibility index (Phi) is 3.05. The van der Waals surface area contributed by atoms with Crippen LogP contribution in [0, 0.1) is 0 Å². The lowest BCUT2D eigenvalue weighted by Crippen LogP contribution is -2.14. The van der Waals surface area contributed by atoms with E-state index in [1.807, 2.05) is 0 Å². The summed E-state index contributed by atoms with van der Waals surface area (Å²) < 4.78 is 1.44. The van der Waals surface area contributed by atoms with Crippen molar-refractivity contribution in [2.45, 2.75) is 0 Å². The molecular formula is C8H10BNO3. The molecule has 0 unspecified atom stereocenters. The highest BCUT2D eigenvalue weighted by molar-refractivity contribution is 6.48. The fraction of sp³-hybridized carbons (Fsp3) is 0.125. The normalized spacial score (nSPS) is 10.7. The maximum absolute atomic E-state index is 11.1. The monoisotopic (exact) mass is 179 g/mol. The molecule has 0 bridgehead atoms. The Morgan fingerprint density at radius 3 is 2.77 bits per heavy atom. The molecule has 68 valence electrons. The first-order valence-electron chi connectivity index (χ1n) is 3.80. The highest BCUT2D eigenvalue weighted by atomic mass is 16.4. The van der Waals surface area contributed by atoms with Crippen LogP contribution in [0.15, 0.2) is 29.1 Å². The second kappa shape index (κ2) is 4.07. The summed E-state index contributed by atoms with van der Waals surface area (Å²) in [6.45, 7) is 0. The maximum atomic E-state index is 11.1. The van der Waals surface area contributed by atoms with Crippen LogP contribution in [0.1, 0.15) is 5.56 Å². The lowest BCUT2D eigenvalue weighted by molar-refractivity contribution is 0.424. The largest absolute Gasteiger partial charge is 0.480 e. The van der Waals surface area contributed by atoms with Crippen LogP contribution < -0.4 is 5.56 Å². The quantitative estimate of drug-likeness (QED) is 0.596. The molecule has 1 aromatic rings. The predicted octanol–water partition coefficient (Wildman–Crippen LogP) is -0.589. The number of rotatable bonds is 2. The molecule has 0 aliphatic rings. The Labute approximate surface area is 75.9 Å². The van der Waals surface area contributed by atoms with Crippen LogP contribution in [0.25, 0.3) is 6.08 Å². The van der Waals surface area contributed by atoms with E-state index in [4.69, 9.17) is 10.0 Å². The fourth-order valence-corrected chi connectivity index (χ4v) is 0.865. The van der Waals surface area contributed by atoms with Gasteiger partial charge >= 0.3 is 7.12 Å². The van der Waals surface area contributed by atoms with Gasteiger partial charge in [-0.25, -0.2) is 0 Å². The van der Waals surface area contributed by atoms with Crippen LogP contribution in [0.3, 0.4) is 0 Å². The average molecular weight is 179 g/mol. The molecule has 0 spiro atoms. The van der Waals surface area contributed by atoms with Gasteiger partial charge in [0.05, 0.1) is 0 Å². The summed E-state index contributed by atoms with van der Waals surface area (Å²) >= 11 is 0. The molecule has 13 heavy (non-hydrogen) atoms. The van der Waals surface area contributed by atoms with E-state index < -0.39 is 7.12 Å². The zero-order valence-electron chi connectivity index (χ0n) is 7.21. The summed E-state index contributed by atoms with van der Waals surface area (Å²) in [4.78, 5) is 11.1. The average Bonchev–Trinajstić information content (AvgIpc) is 2.07. The topological polar surface area (TPSA) is 62.5 Å². The molecule has 0 aliphatic carbocycles. The Balaban J connectivity index is 2.92. The van der Waals surface area contributed by atoms with Gasteiger partial charge < -0.3 is 14.6 Å². The lowest BCUT2D eigenvalue weighted by atomic mass is 9.91. The molecule has 0 fully saturated rings. The molecular weight excluding hydrogens is 169 g/mol. The van der Waals surface area contributed by atoms with Gasteiger partial charge in [0.1, 0.15) is 0 Å². The molecule has 2 N–H and O–H groups in total. The van der Waals surface area contributed by atoms with Crippen molar-refractivity contribution in [3.05, 3.63) is 40.2 Å². The number of hydrogen-bond acceptors (Lipinski definition) is 3. The van der Waals surface area contributed by atoms with Gasteiger partial charge in [-0.2, -0.15) is 0 Å². The van der Waals surface area contributed by atoms with Gasteiger partial charge in [-0.1, -0.05) is 12.1 Å². The Morgan fingerprint density at radius 2 is 2.23 bits per heavy atom. The van der Waals surface area contributed by atoms with E-state index in [0.29, 0.717) is 5.56 Å². The van der Waals surface area contributed by atoms with Crippen molar-refractivity contribution in [1.29, 1.82) is 0 Å². The summed E-state index contributed by atoms with van der Waals surface area (Å²) in [6, 6.07) is 3.12. The minimum atomic E-state index is -1.48. The van der Waals surface area contributed by atoms with Crippen LogP contribution in [0.5, 0.6) is 0 Å². The van der Waals surface area contributed by atoms with E-state index in [9.17, 15) is 4.79 Å². The highest BCUT2D eigenvalue weighted by Gasteiger charge is 1.98. The van der Waals surface area contributed by atoms with Crippen molar-refractivity contribution in [2.24, 2.45) is 7.05 Å². The van der Waals surface area contributed by atoms with Gasteiger partial charge in [0, 0.05) is 19.3 Å². The van der Waals surface area contributed by atoms with Crippen molar-refractivity contribution in [3.8, 4) is 0 Å². The molecule has 0 radical (unpaired) electrons. The molecule has 0 aromatic carbocycles. The highest BCUT2D eigenvalue weighted by Crippen LogP contribution is 1.97. The van der Waals surface area contributed by atoms with E-state index >= 15 is 0 Å². The molecule has 0 saturated carbocycles. The van der Waals surface area contributed by atoms with Crippen molar-refractivity contribution < 1.29 is 10.0 Å². The predicted molar refractivity (Wildman–Crippen MR) is 50.9 cm³/mol. The van der Waals surface area contributed by atoms with E-state index in [0.717, 1.165) is 0 Å². The number of nitrogens with zero attached hydrogens (tertiary/aromatic N) is 1. The fourth-order valence-electron chi connectivity index (χ4n) is 0.865. The second-order valence-electron chi connectivity index (χ2n) is 2.68. The first kappa shape index (κ1) is 9.76. The number of hydrogen-bond donors (Lipinski definition) is 2. The first-order chi connectivity index (χ1) is 6.09. The molecule has 5 heteroatoms. The molecule has 0 aliphatic heterocycles. The number of pyridine rings is 1. The third-order valence-electron chi connectivity index (χ3n) is 1.59. The van der Waals surface area contributed by atoms with Crippen LogP contribution >= 0.6 is 0 Å². The van der Waals surface area contributed by atoms with Gasteiger partial charge in [-0.3, -0.25) is 4.79 Å². The number of aromatic nitrogens is 1. The summed E-state index contributed by atoms with van der Waals surface area (Å²) in [7, 11) is 0.167. The smallest absolute Gasteiger partial charge is 0.424 e. The molecule has 1 aromatic heterocycles. The zero-order valence-corrected chi connectivity index (χ0v) is 7.21. The summed E-state index contributed by atoms with van der Waals surface area (Å²) in [5.41, 5.74) is 0.519. The van der Waals surface area contributed by atoms with Gasteiger partial charge in [0.25, 0.3) is 5.56 Å². The SMILES string of the molecule is Cn1ccc(/C=C/B(O)O)cc1=O. The van der Waals surface area contributed by atoms with Crippen molar-refractivity contribution >= 4 is 13.2 Å². The summed E-state index contributed by atoms with van der Waals surface area (Å²) in [6.07, 6.45) is 3.10. The standard InChI is InChI=1S/C8H10BNO3/c1-10-5-3-7(6-8(10)11)2-4-9(12)13/h2-6,12-13H,1H3/b4-2+. The third-order valence-corrected chi connectivity index (χ3v) is 1.59. The van der Waals surface area contributed by atoms with E-state index in [2.05, 4.69) is 0 Å². The molecule has 0 amide bonds. The molecule has 1 rings (SSSR count). The van der Waals surface area contributed by atoms with Gasteiger partial charge in [0.15, 0.2) is 0 Å². The zero-order chi connectivity index (χ0) is 9.84. The van der Waals surface area contributed by atoms with Gasteiger partial charge in [-0.05, 0) is 11.6 Å². The Morgan fingerprint density at radius 1 is 1.54 bits per heavy atom. The first-order valence-corrected chi connectivity index (χ1v) is 3.80.